The van der Waals surface area contributed by atoms with Crippen LogP contribution in [0.4, 0.5) is 17.6 Å². The molecule has 1 amide bonds. The van der Waals surface area contributed by atoms with Crippen molar-refractivity contribution >= 4 is 5.91 Å². The lowest BCUT2D eigenvalue weighted by Crippen LogP contribution is -2.49. The first kappa shape index (κ1) is 15.2. The van der Waals surface area contributed by atoms with Gasteiger partial charge >= 0.3 is 12.3 Å². The minimum atomic E-state index is -4.64. The van der Waals surface area contributed by atoms with Crippen molar-refractivity contribution in [1.82, 2.24) is 4.90 Å². The third-order valence-electron chi connectivity index (χ3n) is 2.12. The summed E-state index contributed by atoms with van der Waals surface area (Å²) in [4.78, 5) is 11.6. The Bertz CT molecular complexity index is 256. The number of carbonyl (C=O) groups excluding carboxylic acids is 1. The van der Waals surface area contributed by atoms with Crippen molar-refractivity contribution in [2.24, 2.45) is 11.1 Å². The van der Waals surface area contributed by atoms with Gasteiger partial charge in [-0.2, -0.15) is 8.78 Å². The standard InChI is InChI=1S/C9H16F4N2O/c1-8(2,4-14)5-15(3)7(16)9(12,13)6(10)11/h6H,4-5,14H2,1-3H3. The maximum atomic E-state index is 12.7. The fourth-order valence-electron chi connectivity index (χ4n) is 1.13. The van der Waals surface area contributed by atoms with Crippen LogP contribution in [0, 0.1) is 5.41 Å². The summed E-state index contributed by atoms with van der Waals surface area (Å²) < 4.78 is 49.2. The zero-order valence-corrected chi connectivity index (χ0v) is 9.44. The highest BCUT2D eigenvalue weighted by atomic mass is 19.3. The molecule has 0 aromatic heterocycles. The number of hydrogen-bond donors (Lipinski definition) is 1. The minimum Gasteiger partial charge on any atom is -0.340 e. The van der Waals surface area contributed by atoms with E-state index in [-0.39, 0.29) is 13.1 Å². The molecule has 0 spiro atoms. The van der Waals surface area contributed by atoms with Gasteiger partial charge in [-0.25, -0.2) is 8.78 Å². The van der Waals surface area contributed by atoms with Crippen LogP contribution in [-0.4, -0.2) is 43.3 Å². The van der Waals surface area contributed by atoms with Crippen LogP contribution in [0.1, 0.15) is 13.8 Å². The van der Waals surface area contributed by atoms with Crippen molar-refractivity contribution in [1.29, 1.82) is 0 Å². The summed E-state index contributed by atoms with van der Waals surface area (Å²) in [6, 6.07) is 0. The molecular weight excluding hydrogens is 228 g/mol. The summed E-state index contributed by atoms with van der Waals surface area (Å²) in [7, 11) is 1.05. The highest BCUT2D eigenvalue weighted by molar-refractivity contribution is 5.83. The van der Waals surface area contributed by atoms with Crippen LogP contribution in [0.3, 0.4) is 0 Å². The normalized spacial score (nSPS) is 13.1. The Labute approximate surface area is 91.6 Å². The SMILES string of the molecule is CN(CC(C)(C)CN)C(=O)C(F)(F)C(F)F. The van der Waals surface area contributed by atoms with Crippen LogP contribution in [0.5, 0.6) is 0 Å². The van der Waals surface area contributed by atoms with Gasteiger partial charge in [0.1, 0.15) is 0 Å². The van der Waals surface area contributed by atoms with Gasteiger partial charge in [-0.05, 0) is 12.0 Å². The molecule has 0 radical (unpaired) electrons. The second-order valence-corrected chi connectivity index (χ2v) is 4.45. The lowest BCUT2D eigenvalue weighted by atomic mass is 9.93. The molecule has 0 aromatic rings. The summed E-state index contributed by atoms with van der Waals surface area (Å²) in [5.41, 5.74) is 4.76. The monoisotopic (exact) mass is 244 g/mol. The molecule has 0 saturated carbocycles. The van der Waals surface area contributed by atoms with Crippen LogP contribution in [0.2, 0.25) is 0 Å². The Morgan fingerprint density at radius 3 is 2.12 bits per heavy atom. The highest BCUT2D eigenvalue weighted by Gasteiger charge is 2.50. The van der Waals surface area contributed by atoms with E-state index in [0.29, 0.717) is 4.90 Å². The molecule has 96 valence electrons. The second kappa shape index (κ2) is 4.99. The summed E-state index contributed by atoms with van der Waals surface area (Å²) >= 11 is 0. The summed E-state index contributed by atoms with van der Waals surface area (Å²) in [6.45, 7) is 3.35. The predicted molar refractivity (Wildman–Crippen MR) is 51.4 cm³/mol. The molecule has 7 heteroatoms. The van der Waals surface area contributed by atoms with Crippen molar-refractivity contribution in [3.05, 3.63) is 0 Å². The van der Waals surface area contributed by atoms with E-state index in [1.54, 1.807) is 13.8 Å². The number of halogens is 4. The van der Waals surface area contributed by atoms with Crippen molar-refractivity contribution in [3.63, 3.8) is 0 Å². The molecule has 0 aromatic carbocycles. The molecule has 16 heavy (non-hydrogen) atoms. The Hall–Kier alpha value is -0.850. The van der Waals surface area contributed by atoms with Gasteiger partial charge < -0.3 is 10.6 Å². The van der Waals surface area contributed by atoms with Crippen LogP contribution < -0.4 is 5.73 Å². The molecule has 0 unspecified atom stereocenters. The van der Waals surface area contributed by atoms with Gasteiger partial charge in [-0.3, -0.25) is 4.79 Å². The first-order chi connectivity index (χ1) is 7.04. The second-order valence-electron chi connectivity index (χ2n) is 4.45. The predicted octanol–water partition coefficient (Wildman–Crippen LogP) is 1.33. The van der Waals surface area contributed by atoms with Gasteiger partial charge in [0.25, 0.3) is 5.91 Å². The number of nitrogens with two attached hydrogens (primary N) is 1. The molecule has 0 atom stereocenters. The fourth-order valence-corrected chi connectivity index (χ4v) is 1.13. The Balaban J connectivity index is 4.64. The van der Waals surface area contributed by atoms with Crippen molar-refractivity contribution in [2.75, 3.05) is 20.1 Å². The first-order valence-electron chi connectivity index (χ1n) is 4.66. The van der Waals surface area contributed by atoms with E-state index in [1.807, 2.05) is 0 Å². The lowest BCUT2D eigenvalue weighted by Gasteiger charge is -2.30. The third kappa shape index (κ3) is 3.62. The first-order valence-corrected chi connectivity index (χ1v) is 4.66. The van der Waals surface area contributed by atoms with E-state index >= 15 is 0 Å². The molecular formula is C9H16F4N2O. The molecule has 0 heterocycles. The molecule has 0 fully saturated rings. The van der Waals surface area contributed by atoms with Crippen LogP contribution in [0.15, 0.2) is 0 Å². The summed E-state index contributed by atoms with van der Waals surface area (Å²) in [5.74, 6) is -6.52. The van der Waals surface area contributed by atoms with E-state index in [2.05, 4.69) is 0 Å². The van der Waals surface area contributed by atoms with Crippen LogP contribution in [-0.2, 0) is 4.79 Å². The minimum absolute atomic E-state index is 0.107. The largest absolute Gasteiger partial charge is 0.383 e. The lowest BCUT2D eigenvalue weighted by molar-refractivity contribution is -0.180. The molecule has 3 nitrogen and oxygen atoms in total. The van der Waals surface area contributed by atoms with Crippen LogP contribution >= 0.6 is 0 Å². The van der Waals surface area contributed by atoms with Gasteiger partial charge in [-0.15, -0.1) is 0 Å². The number of alkyl halides is 4. The van der Waals surface area contributed by atoms with E-state index in [4.69, 9.17) is 5.73 Å². The Morgan fingerprint density at radius 2 is 1.81 bits per heavy atom. The van der Waals surface area contributed by atoms with Gasteiger partial charge in [-0.1, -0.05) is 13.8 Å². The summed E-state index contributed by atoms with van der Waals surface area (Å²) in [6.07, 6.45) is -4.00. The molecule has 2 N–H and O–H groups in total. The molecule has 0 rings (SSSR count). The van der Waals surface area contributed by atoms with Gasteiger partial charge in [0.05, 0.1) is 0 Å². The van der Waals surface area contributed by atoms with E-state index in [1.165, 1.54) is 0 Å². The zero-order chi connectivity index (χ0) is 13.1. The average Bonchev–Trinajstić information content (AvgIpc) is 2.15. The maximum absolute atomic E-state index is 12.7. The van der Waals surface area contributed by atoms with E-state index in [9.17, 15) is 22.4 Å². The van der Waals surface area contributed by atoms with Crippen molar-refractivity contribution < 1.29 is 22.4 Å². The van der Waals surface area contributed by atoms with Gasteiger partial charge in [0, 0.05) is 13.6 Å². The molecule has 0 aliphatic carbocycles. The van der Waals surface area contributed by atoms with Crippen molar-refractivity contribution in [2.45, 2.75) is 26.2 Å². The number of nitrogens with zero attached hydrogens (tertiary/aromatic N) is 1. The molecule has 0 bridgehead atoms. The average molecular weight is 244 g/mol. The summed E-state index contributed by atoms with van der Waals surface area (Å²) in [5, 5.41) is 0. The maximum Gasteiger partial charge on any atom is 0.383 e. The van der Waals surface area contributed by atoms with E-state index in [0.717, 1.165) is 7.05 Å². The van der Waals surface area contributed by atoms with Crippen LogP contribution in [0.25, 0.3) is 0 Å². The zero-order valence-electron chi connectivity index (χ0n) is 9.44. The smallest absolute Gasteiger partial charge is 0.340 e. The molecule has 0 saturated heterocycles. The van der Waals surface area contributed by atoms with E-state index < -0.39 is 23.7 Å². The number of rotatable bonds is 5. The Morgan fingerprint density at radius 1 is 1.38 bits per heavy atom. The number of hydrogen-bond acceptors (Lipinski definition) is 2. The highest BCUT2D eigenvalue weighted by Crippen LogP contribution is 2.26. The number of amides is 1. The molecule has 0 aliphatic heterocycles. The molecule has 0 aliphatic rings. The topological polar surface area (TPSA) is 46.3 Å². The van der Waals surface area contributed by atoms with Gasteiger partial charge in [0.2, 0.25) is 0 Å². The quantitative estimate of drug-likeness (QED) is 0.741. The van der Waals surface area contributed by atoms with Crippen molar-refractivity contribution in [3.8, 4) is 0 Å². The number of carbonyl (C=O) groups is 1. The third-order valence-corrected chi connectivity index (χ3v) is 2.12. The van der Waals surface area contributed by atoms with Gasteiger partial charge in [0.15, 0.2) is 0 Å². The Kier molecular flexibility index (Phi) is 4.72. The fraction of sp³-hybridized carbons (Fsp3) is 0.889.